The highest BCUT2D eigenvalue weighted by atomic mass is 16.5. The third-order valence-corrected chi connectivity index (χ3v) is 6.59. The molecule has 1 aromatic rings. The van der Waals surface area contributed by atoms with Gasteiger partial charge in [-0.05, 0) is 24.3 Å². The molecule has 8 heteroatoms. The summed E-state index contributed by atoms with van der Waals surface area (Å²) >= 11 is 0. The predicted octanol–water partition coefficient (Wildman–Crippen LogP) is 2.72. The number of Topliss-reactive ketones (excluding diaryl/α,β-unsaturated/α-hetero) is 1. The number of allylic oxidation sites excluding steroid dienone is 1. The highest BCUT2D eigenvalue weighted by Gasteiger charge is 2.61. The Morgan fingerprint density at radius 2 is 2.07 bits per heavy atom. The topological polar surface area (TPSA) is 120 Å². The summed E-state index contributed by atoms with van der Waals surface area (Å²) < 4.78 is 15.3. The fourth-order valence-electron chi connectivity index (χ4n) is 5.13. The number of carboxylic acid groups (broad SMARTS) is 1. The lowest BCUT2D eigenvalue weighted by Crippen LogP contribution is -2.59. The van der Waals surface area contributed by atoms with Gasteiger partial charge in [0.25, 0.3) is 0 Å². The molecule has 0 amide bonds. The van der Waals surface area contributed by atoms with Gasteiger partial charge >= 0.3 is 17.9 Å². The van der Waals surface area contributed by atoms with E-state index in [9.17, 15) is 24.3 Å². The van der Waals surface area contributed by atoms with E-state index in [4.69, 9.17) is 13.9 Å². The average molecular weight is 418 g/mol. The van der Waals surface area contributed by atoms with E-state index in [1.54, 1.807) is 18.2 Å². The number of carbonyl (C=O) groups excluding carboxylic acids is 3. The molecule has 0 spiro atoms. The van der Waals surface area contributed by atoms with E-state index in [1.807, 2.05) is 6.92 Å². The highest BCUT2D eigenvalue weighted by Crippen LogP contribution is 2.57. The van der Waals surface area contributed by atoms with Crippen molar-refractivity contribution >= 4 is 29.8 Å². The number of hydrogen-bond acceptors (Lipinski definition) is 7. The molecule has 1 N–H and O–H groups in total. The second kappa shape index (κ2) is 8.45. The van der Waals surface area contributed by atoms with E-state index in [-0.39, 0.29) is 12.2 Å². The first-order chi connectivity index (χ1) is 14.2. The minimum Gasteiger partial charge on any atom is -0.481 e. The Morgan fingerprint density at radius 1 is 1.33 bits per heavy atom. The van der Waals surface area contributed by atoms with Crippen LogP contribution in [0.25, 0.3) is 6.08 Å². The normalized spacial score (nSPS) is 33.7. The molecule has 30 heavy (non-hydrogen) atoms. The molecule has 0 saturated heterocycles. The van der Waals surface area contributed by atoms with Gasteiger partial charge < -0.3 is 19.0 Å². The van der Waals surface area contributed by atoms with Gasteiger partial charge in [0.05, 0.1) is 31.5 Å². The monoisotopic (exact) mass is 418 g/mol. The molecule has 2 fully saturated rings. The Bertz CT molecular complexity index is 854. The molecule has 0 radical (unpaired) electrons. The van der Waals surface area contributed by atoms with E-state index in [1.165, 1.54) is 26.6 Å². The molecule has 6 atom stereocenters. The van der Waals surface area contributed by atoms with Crippen molar-refractivity contribution in [1.82, 2.24) is 0 Å². The molecule has 0 aliphatic heterocycles. The molecule has 2 unspecified atom stereocenters. The van der Waals surface area contributed by atoms with E-state index < -0.39 is 53.1 Å². The Morgan fingerprint density at radius 3 is 2.63 bits per heavy atom. The number of esters is 2. The summed E-state index contributed by atoms with van der Waals surface area (Å²) in [5.41, 5.74) is -0.0752. The smallest absolute Gasteiger partial charge is 0.309 e. The van der Waals surface area contributed by atoms with Crippen LogP contribution in [0, 0.1) is 29.1 Å². The molecule has 2 aliphatic rings. The van der Waals surface area contributed by atoms with Crippen LogP contribution in [0.3, 0.4) is 0 Å². The molecule has 0 aromatic carbocycles. The molecular formula is C22H26O8. The summed E-state index contributed by atoms with van der Waals surface area (Å²) in [6, 6.07) is 1.72. The number of carboxylic acids is 1. The van der Waals surface area contributed by atoms with E-state index in [0.717, 1.165) is 5.56 Å². The Hall–Kier alpha value is -2.90. The first-order valence-corrected chi connectivity index (χ1v) is 9.91. The van der Waals surface area contributed by atoms with E-state index in [2.05, 4.69) is 0 Å². The second-order valence-corrected chi connectivity index (χ2v) is 8.27. The van der Waals surface area contributed by atoms with E-state index in [0.29, 0.717) is 12.8 Å². The molecular weight excluding hydrogens is 392 g/mol. The number of hydrogen-bond donors (Lipinski definition) is 1. The molecule has 3 rings (SSSR count). The minimum atomic E-state index is -1.11. The van der Waals surface area contributed by atoms with Crippen LogP contribution in [0.1, 0.15) is 38.7 Å². The van der Waals surface area contributed by atoms with Crippen molar-refractivity contribution in [2.75, 3.05) is 7.11 Å². The summed E-state index contributed by atoms with van der Waals surface area (Å²) in [6.07, 6.45) is 6.05. The largest absolute Gasteiger partial charge is 0.481 e. The fourth-order valence-corrected chi connectivity index (χ4v) is 5.13. The van der Waals surface area contributed by atoms with Gasteiger partial charge in [-0.1, -0.05) is 19.1 Å². The lowest BCUT2D eigenvalue weighted by molar-refractivity contribution is -0.181. The Kier molecular flexibility index (Phi) is 6.14. The zero-order valence-electron chi connectivity index (χ0n) is 17.2. The van der Waals surface area contributed by atoms with Gasteiger partial charge in [-0.25, -0.2) is 0 Å². The predicted molar refractivity (Wildman–Crippen MR) is 104 cm³/mol. The summed E-state index contributed by atoms with van der Waals surface area (Å²) in [6.45, 7) is 3.03. The number of aliphatic carboxylic acids is 1. The molecule has 162 valence electrons. The number of carbonyl (C=O) groups is 4. The summed E-state index contributed by atoms with van der Waals surface area (Å²) in [5, 5.41) is 9.82. The molecule has 8 nitrogen and oxygen atoms in total. The van der Waals surface area contributed by atoms with Gasteiger partial charge in [-0.3, -0.25) is 19.2 Å². The molecule has 1 aromatic heterocycles. The molecule has 2 aliphatic carbocycles. The lowest BCUT2D eigenvalue weighted by atomic mass is 9.49. The number of rotatable bonds is 5. The van der Waals surface area contributed by atoms with Crippen molar-refractivity contribution in [3.63, 3.8) is 0 Å². The van der Waals surface area contributed by atoms with Crippen LogP contribution in [-0.4, -0.2) is 42.0 Å². The van der Waals surface area contributed by atoms with Crippen molar-refractivity contribution in [2.45, 2.75) is 39.2 Å². The maximum atomic E-state index is 13.4. The number of ketones is 1. The molecule has 1 heterocycles. The number of furan rings is 1. The second-order valence-electron chi connectivity index (χ2n) is 8.27. The highest BCUT2D eigenvalue weighted by molar-refractivity contribution is 5.92. The summed E-state index contributed by atoms with van der Waals surface area (Å²) in [4.78, 5) is 49.6. The van der Waals surface area contributed by atoms with Crippen LogP contribution >= 0.6 is 0 Å². The summed E-state index contributed by atoms with van der Waals surface area (Å²) in [7, 11) is 1.27. The van der Waals surface area contributed by atoms with Crippen LogP contribution in [0.5, 0.6) is 0 Å². The van der Waals surface area contributed by atoms with Gasteiger partial charge in [0.15, 0.2) is 11.9 Å². The SMILES string of the molecule is COC(=O)[C@@H]1C[C@H](OC(C)=O)C(=O)C2[C@@H](/C=C/c3ccoc3)C(C(=O)O)CC[C@]21C. The maximum Gasteiger partial charge on any atom is 0.309 e. The van der Waals surface area contributed by atoms with Crippen LogP contribution in [0.2, 0.25) is 0 Å². The van der Waals surface area contributed by atoms with Crippen LogP contribution in [0.15, 0.2) is 29.1 Å². The van der Waals surface area contributed by atoms with Gasteiger partial charge in [-0.15, -0.1) is 0 Å². The van der Waals surface area contributed by atoms with Crippen LogP contribution in [0.4, 0.5) is 0 Å². The third kappa shape index (κ3) is 3.91. The van der Waals surface area contributed by atoms with Crippen molar-refractivity contribution in [2.24, 2.45) is 29.1 Å². The third-order valence-electron chi connectivity index (χ3n) is 6.59. The maximum absolute atomic E-state index is 13.4. The number of methoxy groups -OCH3 is 1. The van der Waals surface area contributed by atoms with Gasteiger partial charge in [0.2, 0.25) is 0 Å². The lowest BCUT2D eigenvalue weighted by Gasteiger charge is -2.53. The Labute approximate surface area is 174 Å². The van der Waals surface area contributed by atoms with Gasteiger partial charge in [0, 0.05) is 30.7 Å². The Balaban J connectivity index is 2.07. The van der Waals surface area contributed by atoms with Gasteiger partial charge in [-0.2, -0.15) is 0 Å². The first kappa shape index (κ1) is 21.8. The zero-order chi connectivity index (χ0) is 22.1. The van der Waals surface area contributed by atoms with Crippen LogP contribution in [-0.2, 0) is 28.7 Å². The van der Waals surface area contributed by atoms with Gasteiger partial charge in [0.1, 0.15) is 0 Å². The molecule has 0 bridgehead atoms. The minimum absolute atomic E-state index is 0.0357. The van der Waals surface area contributed by atoms with Crippen molar-refractivity contribution in [3.05, 3.63) is 30.2 Å². The molecule has 2 saturated carbocycles. The van der Waals surface area contributed by atoms with Crippen molar-refractivity contribution in [3.8, 4) is 0 Å². The standard InChI is InChI=1S/C22H26O8/c1-12(23)30-17-10-16(21(27)28-3)22(2)8-6-15(20(25)26)14(18(22)19(17)24)5-4-13-7-9-29-11-13/h4-5,7,9,11,14-18H,6,8,10H2,1-3H3,(H,25,26)/b5-4+/t14-,15?,16-,17-,18?,22-/m0/s1. The quantitative estimate of drug-likeness (QED) is 0.725. The summed E-state index contributed by atoms with van der Waals surface area (Å²) in [5.74, 6) is -5.43. The van der Waals surface area contributed by atoms with Crippen molar-refractivity contribution in [1.29, 1.82) is 0 Å². The number of fused-ring (bicyclic) bond motifs is 1. The number of ether oxygens (including phenoxy) is 2. The average Bonchev–Trinajstić information content (AvgIpc) is 3.20. The fraction of sp³-hybridized carbons (Fsp3) is 0.545. The van der Waals surface area contributed by atoms with Crippen molar-refractivity contribution < 1.29 is 38.2 Å². The first-order valence-electron chi connectivity index (χ1n) is 9.91. The van der Waals surface area contributed by atoms with Crippen LogP contribution < -0.4 is 0 Å². The zero-order valence-corrected chi connectivity index (χ0v) is 17.2. The van der Waals surface area contributed by atoms with E-state index >= 15 is 0 Å².